The first-order valence-corrected chi connectivity index (χ1v) is 8.49. The highest BCUT2D eigenvalue weighted by Crippen LogP contribution is 2.28. The summed E-state index contributed by atoms with van der Waals surface area (Å²) in [4.78, 5) is 13.3. The molecule has 8 heteroatoms. The van der Waals surface area contributed by atoms with Crippen LogP contribution in [0.2, 0.25) is 10.0 Å². The number of nitrogens with one attached hydrogen (secondary N) is 1. The molecule has 0 fully saturated rings. The fourth-order valence-corrected chi connectivity index (χ4v) is 3.10. The molecule has 0 bridgehead atoms. The van der Waals surface area contributed by atoms with Crippen molar-refractivity contribution in [3.63, 3.8) is 0 Å². The standard InChI is InChI=1S/C16H12Cl2N4OS/c1-22-9-19-21-16(22)24-11-7-5-10(6-8-11)20-15(23)12-3-2-4-13(17)14(12)18/h2-9H,1H3,(H,20,23). The maximum atomic E-state index is 12.3. The van der Waals surface area contributed by atoms with Crippen molar-refractivity contribution in [1.29, 1.82) is 0 Å². The van der Waals surface area contributed by atoms with Crippen LogP contribution in [0.5, 0.6) is 0 Å². The van der Waals surface area contributed by atoms with Crippen LogP contribution < -0.4 is 5.32 Å². The van der Waals surface area contributed by atoms with Crippen LogP contribution in [0.15, 0.2) is 58.8 Å². The highest BCUT2D eigenvalue weighted by Gasteiger charge is 2.13. The Balaban J connectivity index is 1.71. The molecule has 1 N–H and O–H groups in total. The van der Waals surface area contributed by atoms with Crippen LogP contribution in [-0.4, -0.2) is 20.7 Å². The second-order valence-corrected chi connectivity index (χ2v) is 6.73. The van der Waals surface area contributed by atoms with Crippen molar-refractivity contribution in [2.45, 2.75) is 10.1 Å². The molecule has 3 rings (SSSR count). The molecule has 0 radical (unpaired) electrons. The quantitative estimate of drug-likeness (QED) is 0.724. The van der Waals surface area contributed by atoms with E-state index in [9.17, 15) is 4.79 Å². The van der Waals surface area contributed by atoms with Crippen LogP contribution in [0, 0.1) is 0 Å². The van der Waals surface area contributed by atoms with Gasteiger partial charge in [-0.25, -0.2) is 0 Å². The van der Waals surface area contributed by atoms with Gasteiger partial charge in [-0.1, -0.05) is 29.3 Å². The number of amides is 1. The van der Waals surface area contributed by atoms with Crippen molar-refractivity contribution in [1.82, 2.24) is 14.8 Å². The zero-order valence-corrected chi connectivity index (χ0v) is 14.9. The van der Waals surface area contributed by atoms with Gasteiger partial charge < -0.3 is 9.88 Å². The van der Waals surface area contributed by atoms with Gasteiger partial charge in [-0.05, 0) is 48.2 Å². The summed E-state index contributed by atoms with van der Waals surface area (Å²) in [6.07, 6.45) is 1.64. The lowest BCUT2D eigenvalue weighted by Crippen LogP contribution is -2.12. The third-order valence-electron chi connectivity index (χ3n) is 3.19. The monoisotopic (exact) mass is 378 g/mol. The van der Waals surface area contributed by atoms with E-state index in [1.54, 1.807) is 24.5 Å². The Morgan fingerprint density at radius 2 is 1.92 bits per heavy atom. The number of nitrogens with zero attached hydrogens (tertiary/aromatic N) is 3. The molecule has 0 aliphatic rings. The number of carbonyl (C=O) groups is 1. The Labute approximate surface area is 153 Å². The molecule has 0 spiro atoms. The van der Waals surface area contributed by atoms with Gasteiger partial charge in [-0.2, -0.15) is 0 Å². The van der Waals surface area contributed by atoms with E-state index in [0.29, 0.717) is 16.3 Å². The van der Waals surface area contributed by atoms with Crippen LogP contribution >= 0.6 is 35.0 Å². The van der Waals surface area contributed by atoms with Gasteiger partial charge in [0.25, 0.3) is 5.91 Å². The van der Waals surface area contributed by atoms with E-state index >= 15 is 0 Å². The molecule has 0 aliphatic carbocycles. The molecule has 0 saturated heterocycles. The molecule has 1 amide bonds. The number of hydrogen-bond donors (Lipinski definition) is 1. The zero-order valence-electron chi connectivity index (χ0n) is 12.5. The Bertz CT molecular complexity index is 880. The third-order valence-corrected chi connectivity index (χ3v) is 5.07. The van der Waals surface area contributed by atoms with Crippen molar-refractivity contribution in [3.05, 3.63) is 64.4 Å². The first-order valence-electron chi connectivity index (χ1n) is 6.92. The van der Waals surface area contributed by atoms with Gasteiger partial charge in [0.15, 0.2) is 5.16 Å². The zero-order chi connectivity index (χ0) is 17.1. The van der Waals surface area contributed by atoms with E-state index < -0.39 is 0 Å². The van der Waals surface area contributed by atoms with Crippen molar-refractivity contribution in [2.24, 2.45) is 7.05 Å². The topological polar surface area (TPSA) is 59.8 Å². The first-order chi connectivity index (χ1) is 11.5. The smallest absolute Gasteiger partial charge is 0.257 e. The van der Waals surface area contributed by atoms with Crippen LogP contribution in [0.1, 0.15) is 10.4 Å². The second-order valence-electron chi connectivity index (χ2n) is 4.91. The van der Waals surface area contributed by atoms with Gasteiger partial charge in [0, 0.05) is 17.6 Å². The molecular weight excluding hydrogens is 367 g/mol. The number of aromatic nitrogens is 3. The van der Waals surface area contributed by atoms with Crippen LogP contribution in [0.25, 0.3) is 0 Å². The fraction of sp³-hybridized carbons (Fsp3) is 0.0625. The van der Waals surface area contributed by atoms with Crippen molar-refractivity contribution in [3.8, 4) is 0 Å². The van der Waals surface area contributed by atoms with Gasteiger partial charge in [-0.15, -0.1) is 10.2 Å². The summed E-state index contributed by atoms with van der Waals surface area (Å²) in [5.74, 6) is -0.309. The number of benzene rings is 2. The maximum absolute atomic E-state index is 12.3. The molecule has 0 unspecified atom stereocenters. The molecule has 0 aliphatic heterocycles. The number of hydrogen-bond acceptors (Lipinski definition) is 4. The van der Waals surface area contributed by atoms with Crippen LogP contribution in [0.3, 0.4) is 0 Å². The van der Waals surface area contributed by atoms with Crippen LogP contribution in [-0.2, 0) is 7.05 Å². The van der Waals surface area contributed by atoms with Gasteiger partial charge in [0.2, 0.25) is 0 Å². The van der Waals surface area contributed by atoms with E-state index in [1.165, 1.54) is 11.8 Å². The summed E-state index contributed by atoms with van der Waals surface area (Å²) in [6, 6.07) is 12.4. The largest absolute Gasteiger partial charge is 0.322 e. The van der Waals surface area contributed by atoms with E-state index in [-0.39, 0.29) is 10.9 Å². The summed E-state index contributed by atoms with van der Waals surface area (Å²) in [5, 5.41) is 12.0. The molecule has 5 nitrogen and oxygen atoms in total. The van der Waals surface area contributed by atoms with Crippen LogP contribution in [0.4, 0.5) is 5.69 Å². The van der Waals surface area contributed by atoms with Gasteiger partial charge in [0.05, 0.1) is 15.6 Å². The molecule has 122 valence electrons. The highest BCUT2D eigenvalue weighted by atomic mass is 35.5. The number of anilines is 1. The highest BCUT2D eigenvalue weighted by molar-refractivity contribution is 7.99. The lowest BCUT2D eigenvalue weighted by atomic mass is 10.2. The lowest BCUT2D eigenvalue weighted by molar-refractivity contribution is 0.102. The number of halogens is 2. The minimum Gasteiger partial charge on any atom is -0.322 e. The summed E-state index contributed by atoms with van der Waals surface area (Å²) in [5.41, 5.74) is 1.00. The lowest BCUT2D eigenvalue weighted by Gasteiger charge is -2.08. The average Bonchev–Trinajstić information content (AvgIpc) is 2.97. The molecule has 2 aromatic carbocycles. The summed E-state index contributed by atoms with van der Waals surface area (Å²) in [6.45, 7) is 0. The molecule has 3 aromatic rings. The van der Waals surface area contributed by atoms with E-state index in [1.807, 2.05) is 35.9 Å². The van der Waals surface area contributed by atoms with E-state index in [4.69, 9.17) is 23.2 Å². The normalized spacial score (nSPS) is 10.6. The minimum atomic E-state index is -0.309. The molecule has 0 atom stereocenters. The number of rotatable bonds is 4. The maximum Gasteiger partial charge on any atom is 0.257 e. The van der Waals surface area contributed by atoms with Gasteiger partial charge in [-0.3, -0.25) is 4.79 Å². The summed E-state index contributed by atoms with van der Waals surface area (Å²) in [7, 11) is 1.88. The SMILES string of the molecule is Cn1cnnc1Sc1ccc(NC(=O)c2cccc(Cl)c2Cl)cc1. The fourth-order valence-electron chi connectivity index (χ4n) is 1.95. The second kappa shape index (κ2) is 7.25. The Hall–Kier alpha value is -2.02. The minimum absolute atomic E-state index is 0.242. The average molecular weight is 379 g/mol. The van der Waals surface area contributed by atoms with Gasteiger partial charge in [0.1, 0.15) is 6.33 Å². The Kier molecular flexibility index (Phi) is 5.08. The van der Waals surface area contributed by atoms with Crippen molar-refractivity contribution in [2.75, 3.05) is 5.32 Å². The Morgan fingerprint density at radius 3 is 2.58 bits per heavy atom. The van der Waals surface area contributed by atoms with Crippen molar-refractivity contribution >= 4 is 46.6 Å². The summed E-state index contributed by atoms with van der Waals surface area (Å²) < 4.78 is 1.83. The predicted octanol–water partition coefficient (Wildman–Crippen LogP) is 4.53. The van der Waals surface area contributed by atoms with E-state index in [2.05, 4.69) is 15.5 Å². The molecule has 0 saturated carbocycles. The molecular formula is C16H12Cl2N4OS. The van der Waals surface area contributed by atoms with Crippen molar-refractivity contribution < 1.29 is 4.79 Å². The number of carbonyl (C=O) groups excluding carboxylic acids is 1. The molecule has 1 aromatic heterocycles. The first kappa shape index (κ1) is 16.8. The Morgan fingerprint density at radius 1 is 1.17 bits per heavy atom. The molecule has 1 heterocycles. The molecule has 24 heavy (non-hydrogen) atoms. The van der Waals surface area contributed by atoms with E-state index in [0.717, 1.165) is 10.1 Å². The summed E-state index contributed by atoms with van der Waals surface area (Å²) >= 11 is 13.5. The number of aryl methyl sites for hydroxylation is 1. The predicted molar refractivity (Wildman–Crippen MR) is 96.0 cm³/mol. The van der Waals surface area contributed by atoms with Gasteiger partial charge >= 0.3 is 0 Å². The third kappa shape index (κ3) is 3.72.